The fourth-order valence-electron chi connectivity index (χ4n) is 3.52. The monoisotopic (exact) mass is 551 g/mol. The van der Waals surface area contributed by atoms with Crippen LogP contribution in [0.2, 0.25) is 0 Å². The third-order valence-corrected chi connectivity index (χ3v) is 5.78. The summed E-state index contributed by atoms with van der Waals surface area (Å²) < 4.78 is 22.0. The Morgan fingerprint density at radius 3 is 2.11 bits per heavy atom. The van der Waals surface area contributed by atoms with Crippen molar-refractivity contribution >= 4 is 33.6 Å². The third kappa shape index (κ3) is 9.65. The molecule has 0 heterocycles. The van der Waals surface area contributed by atoms with Crippen LogP contribution in [0.15, 0.2) is 40.9 Å². The zero-order valence-electron chi connectivity index (χ0n) is 20.7. The molecule has 0 radical (unpaired) electrons. The first-order valence-electron chi connectivity index (χ1n) is 11.3. The summed E-state index contributed by atoms with van der Waals surface area (Å²) in [6.45, 7) is 2.53. The molecule has 9 nitrogen and oxygen atoms in total. The number of hydrogen-bond acceptors (Lipinski definition) is 7. The maximum Gasteiger partial charge on any atom is 0.319 e. The first kappa shape index (κ1) is 28.3. The number of methoxy groups -OCH3 is 4. The Bertz CT molecular complexity index is 930. The topological polar surface area (TPSA) is 98.4 Å². The number of nitrogens with zero attached hydrogens (tertiary/aromatic N) is 1. The molecule has 35 heavy (non-hydrogen) atoms. The molecule has 0 aromatic heterocycles. The van der Waals surface area contributed by atoms with E-state index in [1.165, 1.54) is 7.11 Å². The molecule has 0 aliphatic rings. The van der Waals surface area contributed by atoms with Crippen LogP contribution < -0.4 is 24.8 Å². The van der Waals surface area contributed by atoms with Gasteiger partial charge in [0.25, 0.3) is 0 Å². The van der Waals surface area contributed by atoms with Gasteiger partial charge in [0.1, 0.15) is 0 Å². The highest BCUT2D eigenvalue weighted by Crippen LogP contribution is 2.38. The average Bonchev–Trinajstić information content (AvgIpc) is 2.86. The van der Waals surface area contributed by atoms with E-state index in [0.717, 1.165) is 28.7 Å². The van der Waals surface area contributed by atoms with E-state index in [9.17, 15) is 9.59 Å². The van der Waals surface area contributed by atoms with E-state index in [2.05, 4.69) is 31.5 Å². The largest absolute Gasteiger partial charge is 0.493 e. The third-order valence-electron chi connectivity index (χ3n) is 5.25. The van der Waals surface area contributed by atoms with Crippen LogP contribution in [0.4, 0.5) is 10.5 Å². The number of urea groups is 1. The van der Waals surface area contributed by atoms with Gasteiger partial charge in [-0.05, 0) is 61.3 Å². The predicted molar refractivity (Wildman–Crippen MR) is 138 cm³/mol. The van der Waals surface area contributed by atoms with Crippen molar-refractivity contribution in [3.05, 3.63) is 46.4 Å². The van der Waals surface area contributed by atoms with Crippen molar-refractivity contribution in [2.24, 2.45) is 0 Å². The number of anilines is 1. The Hall–Kier alpha value is -2.98. The highest BCUT2D eigenvalue weighted by atomic mass is 79.9. The zero-order chi connectivity index (χ0) is 25.6. The quantitative estimate of drug-likeness (QED) is 0.264. The maximum absolute atomic E-state index is 12.2. The molecule has 0 aliphatic carbocycles. The fourth-order valence-corrected chi connectivity index (χ4v) is 3.78. The van der Waals surface area contributed by atoms with Crippen LogP contribution >= 0.6 is 15.9 Å². The van der Waals surface area contributed by atoms with Gasteiger partial charge in [-0.2, -0.15) is 0 Å². The van der Waals surface area contributed by atoms with E-state index in [0.29, 0.717) is 49.7 Å². The molecule has 10 heteroatoms. The Morgan fingerprint density at radius 2 is 1.54 bits per heavy atom. The van der Waals surface area contributed by atoms with Crippen molar-refractivity contribution in [2.45, 2.75) is 25.8 Å². The van der Waals surface area contributed by atoms with Gasteiger partial charge < -0.3 is 29.6 Å². The van der Waals surface area contributed by atoms with Crippen LogP contribution in [-0.4, -0.2) is 65.0 Å². The molecule has 2 N–H and O–H groups in total. The molecule has 2 aromatic carbocycles. The van der Waals surface area contributed by atoms with Crippen LogP contribution in [0, 0.1) is 0 Å². The lowest BCUT2D eigenvalue weighted by Gasteiger charge is -2.23. The minimum atomic E-state index is -0.255. The summed E-state index contributed by atoms with van der Waals surface area (Å²) >= 11 is 3.37. The standard InChI is InChI=1S/C25H34BrN3O6/c1-32-21-15-18(16-22(33-2)24(21)35-4)17-29(13-5-7-23(30)34-3)14-6-12-27-25(31)28-20-10-8-19(26)9-11-20/h8-11,15-16H,5-7,12-14,17H2,1-4H3,(H2,27,28,31). The molecule has 0 saturated heterocycles. The Balaban J connectivity index is 1.96. The number of halogens is 1. The molecular formula is C25H34BrN3O6. The smallest absolute Gasteiger partial charge is 0.319 e. The minimum Gasteiger partial charge on any atom is -0.493 e. The van der Waals surface area contributed by atoms with Crippen molar-refractivity contribution < 1.29 is 28.5 Å². The summed E-state index contributed by atoms with van der Waals surface area (Å²) in [7, 11) is 6.13. The number of nitrogens with one attached hydrogen (secondary N) is 2. The summed E-state index contributed by atoms with van der Waals surface area (Å²) in [5, 5.41) is 5.69. The van der Waals surface area contributed by atoms with Gasteiger partial charge in [0.2, 0.25) is 5.75 Å². The van der Waals surface area contributed by atoms with E-state index >= 15 is 0 Å². The van der Waals surface area contributed by atoms with Gasteiger partial charge >= 0.3 is 12.0 Å². The lowest BCUT2D eigenvalue weighted by Crippen LogP contribution is -2.33. The zero-order valence-corrected chi connectivity index (χ0v) is 22.3. The summed E-state index contributed by atoms with van der Waals surface area (Å²) in [5.41, 5.74) is 1.70. The van der Waals surface area contributed by atoms with Crippen LogP contribution in [0.5, 0.6) is 17.2 Å². The lowest BCUT2D eigenvalue weighted by molar-refractivity contribution is -0.140. The van der Waals surface area contributed by atoms with E-state index in [1.54, 1.807) is 21.3 Å². The second kappa shape index (κ2) is 15.1. The van der Waals surface area contributed by atoms with Crippen molar-refractivity contribution in [1.82, 2.24) is 10.2 Å². The summed E-state index contributed by atoms with van der Waals surface area (Å²) in [6, 6.07) is 11.0. The number of benzene rings is 2. The van der Waals surface area contributed by atoms with Crippen molar-refractivity contribution in [2.75, 3.05) is 53.4 Å². The highest BCUT2D eigenvalue weighted by Gasteiger charge is 2.15. The molecule has 192 valence electrons. The van der Waals surface area contributed by atoms with Gasteiger partial charge in [-0.1, -0.05) is 15.9 Å². The summed E-state index contributed by atoms with van der Waals surface area (Å²) in [6.07, 6.45) is 1.74. The van der Waals surface area contributed by atoms with Crippen LogP contribution in [0.1, 0.15) is 24.8 Å². The molecule has 2 rings (SSSR count). The van der Waals surface area contributed by atoms with Crippen LogP contribution in [0.3, 0.4) is 0 Å². The second-order valence-electron chi connectivity index (χ2n) is 7.73. The first-order chi connectivity index (χ1) is 16.9. The average molecular weight is 552 g/mol. The molecule has 0 spiro atoms. The number of carbonyl (C=O) groups excluding carboxylic acids is 2. The second-order valence-corrected chi connectivity index (χ2v) is 8.65. The normalized spacial score (nSPS) is 10.6. The summed E-state index contributed by atoms with van der Waals surface area (Å²) in [5.74, 6) is 1.48. The van der Waals surface area contributed by atoms with Gasteiger partial charge in [0.05, 0.1) is 28.4 Å². The molecule has 0 atom stereocenters. The first-order valence-corrected chi connectivity index (χ1v) is 12.1. The molecule has 2 aromatic rings. The van der Waals surface area contributed by atoms with Gasteiger partial charge in [-0.15, -0.1) is 0 Å². The SMILES string of the molecule is COC(=O)CCCN(CCCNC(=O)Nc1ccc(Br)cc1)Cc1cc(OC)c(OC)c(OC)c1. The van der Waals surface area contributed by atoms with Crippen molar-refractivity contribution in [3.63, 3.8) is 0 Å². The number of esters is 1. The van der Waals surface area contributed by atoms with E-state index in [-0.39, 0.29) is 12.0 Å². The Morgan fingerprint density at radius 1 is 0.914 bits per heavy atom. The van der Waals surface area contributed by atoms with E-state index in [1.807, 2.05) is 36.4 Å². The van der Waals surface area contributed by atoms with Crippen molar-refractivity contribution in [1.29, 1.82) is 0 Å². The van der Waals surface area contributed by atoms with E-state index in [4.69, 9.17) is 18.9 Å². The van der Waals surface area contributed by atoms with Gasteiger partial charge in [0.15, 0.2) is 11.5 Å². The number of ether oxygens (including phenoxy) is 4. The number of hydrogen-bond donors (Lipinski definition) is 2. The predicted octanol–water partition coefficient (Wildman–Crippen LogP) is 4.44. The molecule has 0 aliphatic heterocycles. The number of rotatable bonds is 14. The van der Waals surface area contributed by atoms with Crippen LogP contribution in [0.25, 0.3) is 0 Å². The van der Waals surface area contributed by atoms with E-state index < -0.39 is 0 Å². The van der Waals surface area contributed by atoms with Gasteiger partial charge in [0, 0.05) is 36.2 Å². The lowest BCUT2D eigenvalue weighted by atomic mass is 10.1. The summed E-state index contributed by atoms with van der Waals surface area (Å²) in [4.78, 5) is 25.9. The maximum atomic E-state index is 12.2. The van der Waals surface area contributed by atoms with Crippen molar-refractivity contribution in [3.8, 4) is 17.2 Å². The van der Waals surface area contributed by atoms with Gasteiger partial charge in [-0.25, -0.2) is 4.79 Å². The number of amides is 2. The van der Waals surface area contributed by atoms with Gasteiger partial charge in [-0.3, -0.25) is 9.69 Å². The molecule has 2 amide bonds. The molecule has 0 fully saturated rings. The molecule has 0 unspecified atom stereocenters. The number of carbonyl (C=O) groups is 2. The molecule has 0 bridgehead atoms. The van der Waals surface area contributed by atoms with Crippen LogP contribution in [-0.2, 0) is 16.1 Å². The molecular weight excluding hydrogens is 518 g/mol. The molecule has 0 saturated carbocycles. The minimum absolute atomic E-state index is 0.232. The highest BCUT2D eigenvalue weighted by molar-refractivity contribution is 9.10. The Kier molecular flexibility index (Phi) is 12.2. The Labute approximate surface area is 215 Å². The fraction of sp³-hybridized carbons (Fsp3) is 0.440.